The maximum atomic E-state index is 12.9. The first-order valence-corrected chi connectivity index (χ1v) is 45.9. The molecule has 584 valence electrons. The second-order valence-corrected chi connectivity index (χ2v) is 33.4. The Hall–Kier alpha value is -1.25. The van der Waals surface area contributed by atoms with Gasteiger partial charge in [-0.05, 0) is 38.5 Å². The van der Waals surface area contributed by atoms with Crippen molar-refractivity contribution in [1.29, 1.82) is 0 Å². The van der Waals surface area contributed by atoms with Gasteiger partial charge in [-0.25, -0.2) is 0 Å². The molecule has 98 heavy (non-hydrogen) atoms. The number of allylic oxidation sites excluding steroid dienone is 2. The summed E-state index contributed by atoms with van der Waals surface area (Å²) >= 11 is 0. The van der Waals surface area contributed by atoms with Crippen LogP contribution < -0.4 is 4.89 Å². The van der Waals surface area contributed by atoms with Gasteiger partial charge in [0.25, 0.3) is 7.82 Å². The minimum Gasteiger partial charge on any atom is -0.756 e. The standard InChI is InChI=1S/C88H174NO8P/c1-6-8-10-12-14-16-18-20-22-24-26-28-30-32-34-36-38-40-41-42-43-44-45-46-47-49-51-53-55-57-59-61-63-65-67-69-71-73-75-77-79-81-88(91)97-86(85-96-98(92,93)95-83-82-89(3,4)5)84-94-87(90)80-78-76-74-72-70-68-66-64-62-60-58-56-54-52-50-48-39-37-35-33-31-29-27-25-23-21-19-17-15-13-11-9-7-2/h24,26,86H,6-23,25,27-85H2,1-5H3/b26-24-. The van der Waals surface area contributed by atoms with Crippen LogP contribution in [0.3, 0.4) is 0 Å². The molecule has 0 aromatic heterocycles. The quantitative estimate of drug-likeness (QED) is 0.0195. The van der Waals surface area contributed by atoms with Gasteiger partial charge < -0.3 is 27.9 Å². The van der Waals surface area contributed by atoms with Crippen LogP contribution in [0.25, 0.3) is 0 Å². The fourth-order valence-electron chi connectivity index (χ4n) is 14.0. The van der Waals surface area contributed by atoms with Crippen molar-refractivity contribution in [2.24, 2.45) is 0 Å². The third-order valence-corrected chi connectivity index (χ3v) is 21.7. The number of quaternary nitrogens is 1. The molecule has 0 fully saturated rings. The number of nitrogens with zero attached hydrogens (tertiary/aromatic N) is 1. The number of hydrogen-bond donors (Lipinski definition) is 0. The van der Waals surface area contributed by atoms with Crippen LogP contribution in [-0.4, -0.2) is 70.0 Å². The summed E-state index contributed by atoms with van der Waals surface area (Å²) in [7, 11) is 1.20. The number of ether oxygens (including phenoxy) is 2. The summed E-state index contributed by atoms with van der Waals surface area (Å²) in [5.74, 6) is -0.800. The van der Waals surface area contributed by atoms with Crippen molar-refractivity contribution in [3.63, 3.8) is 0 Å². The first-order chi connectivity index (χ1) is 48.0. The lowest BCUT2D eigenvalue weighted by molar-refractivity contribution is -0.870. The van der Waals surface area contributed by atoms with E-state index < -0.39 is 26.5 Å². The maximum Gasteiger partial charge on any atom is 0.306 e. The zero-order valence-electron chi connectivity index (χ0n) is 67.0. The summed E-state index contributed by atoms with van der Waals surface area (Å²) in [5, 5.41) is 0. The first kappa shape index (κ1) is 96.8. The van der Waals surface area contributed by atoms with Crippen LogP contribution in [0.1, 0.15) is 489 Å². The second-order valence-electron chi connectivity index (χ2n) is 32.0. The fraction of sp³-hybridized carbons (Fsp3) is 0.955. The lowest BCUT2D eigenvalue weighted by Gasteiger charge is -2.28. The predicted molar refractivity (Wildman–Crippen MR) is 425 cm³/mol. The summed E-state index contributed by atoms with van der Waals surface area (Å²) in [6.45, 7) is 4.35. The number of unbranched alkanes of at least 4 members (excludes halogenated alkanes) is 69. The second kappa shape index (κ2) is 79.9. The third-order valence-electron chi connectivity index (χ3n) is 20.8. The molecule has 2 atom stereocenters. The molecular formula is C88H174NO8P. The van der Waals surface area contributed by atoms with Crippen molar-refractivity contribution < 1.29 is 42.1 Å². The van der Waals surface area contributed by atoms with E-state index in [9.17, 15) is 19.0 Å². The molecule has 0 rings (SSSR count). The van der Waals surface area contributed by atoms with E-state index in [2.05, 4.69) is 26.0 Å². The van der Waals surface area contributed by atoms with E-state index in [1.54, 1.807) is 0 Å². The van der Waals surface area contributed by atoms with E-state index in [1.165, 1.54) is 424 Å². The molecule has 10 heteroatoms. The molecule has 0 N–H and O–H groups in total. The number of carbonyl (C=O) groups is 2. The summed E-state index contributed by atoms with van der Waals surface area (Å²) < 4.78 is 34.5. The van der Waals surface area contributed by atoms with Gasteiger partial charge in [0.1, 0.15) is 19.8 Å². The molecule has 0 aromatic rings. The monoisotopic (exact) mass is 1400 g/mol. The summed E-state index contributed by atoms with van der Waals surface area (Å²) in [6.07, 6.45) is 102. The molecule has 2 unspecified atom stereocenters. The van der Waals surface area contributed by atoms with E-state index in [0.717, 1.165) is 32.1 Å². The molecule has 0 heterocycles. The zero-order valence-corrected chi connectivity index (χ0v) is 67.9. The van der Waals surface area contributed by atoms with Gasteiger partial charge in [0.2, 0.25) is 0 Å². The van der Waals surface area contributed by atoms with Crippen LogP contribution in [0.5, 0.6) is 0 Å². The normalized spacial score (nSPS) is 12.9. The lowest BCUT2D eigenvalue weighted by atomic mass is 10.0. The van der Waals surface area contributed by atoms with Gasteiger partial charge in [0, 0.05) is 12.8 Å². The molecule has 0 radical (unpaired) electrons. The van der Waals surface area contributed by atoms with Crippen LogP contribution in [0.4, 0.5) is 0 Å². The van der Waals surface area contributed by atoms with Crippen molar-refractivity contribution in [1.82, 2.24) is 0 Å². The molecule has 0 aromatic carbocycles. The topological polar surface area (TPSA) is 111 Å². The van der Waals surface area contributed by atoms with Gasteiger partial charge in [0.05, 0.1) is 27.7 Å². The third kappa shape index (κ3) is 83.7. The Balaban J connectivity index is 3.82. The molecule has 0 spiro atoms. The smallest absolute Gasteiger partial charge is 0.306 e. The van der Waals surface area contributed by atoms with E-state index >= 15 is 0 Å². The maximum absolute atomic E-state index is 12.9. The number of likely N-dealkylation sites (N-methyl/N-ethyl adjacent to an activating group) is 1. The Bertz CT molecular complexity index is 1650. The molecular weight excluding hydrogens is 1230 g/mol. The predicted octanol–water partition coefficient (Wildman–Crippen LogP) is 29.1. The van der Waals surface area contributed by atoms with E-state index in [-0.39, 0.29) is 32.0 Å². The molecule has 0 saturated heterocycles. The molecule has 9 nitrogen and oxygen atoms in total. The number of hydrogen-bond acceptors (Lipinski definition) is 8. The summed E-state index contributed by atoms with van der Waals surface area (Å²) in [5.41, 5.74) is 0. The van der Waals surface area contributed by atoms with Gasteiger partial charge in [-0.1, -0.05) is 450 Å². The van der Waals surface area contributed by atoms with Crippen LogP contribution >= 0.6 is 7.82 Å². The number of rotatable bonds is 85. The Morgan fingerprint density at radius 3 is 0.755 bits per heavy atom. The van der Waals surface area contributed by atoms with Crippen molar-refractivity contribution in [3.05, 3.63) is 12.2 Å². The largest absolute Gasteiger partial charge is 0.756 e. The van der Waals surface area contributed by atoms with Gasteiger partial charge >= 0.3 is 11.9 Å². The Kier molecular flexibility index (Phi) is 78.8. The fourth-order valence-corrected chi connectivity index (χ4v) is 14.7. The number of esters is 2. The average Bonchev–Trinajstić information content (AvgIpc) is 1.08. The van der Waals surface area contributed by atoms with Gasteiger partial charge in [-0.3, -0.25) is 14.2 Å². The Morgan fingerprint density at radius 1 is 0.306 bits per heavy atom. The summed E-state index contributed by atoms with van der Waals surface area (Å²) in [4.78, 5) is 38.2. The highest BCUT2D eigenvalue weighted by Gasteiger charge is 2.22. The van der Waals surface area contributed by atoms with Crippen molar-refractivity contribution >= 4 is 19.8 Å². The Labute approximate surface area is 613 Å². The van der Waals surface area contributed by atoms with Crippen molar-refractivity contribution in [2.75, 3.05) is 47.5 Å². The van der Waals surface area contributed by atoms with E-state index in [0.29, 0.717) is 17.4 Å². The molecule has 0 aliphatic heterocycles. The van der Waals surface area contributed by atoms with Crippen LogP contribution in [-0.2, 0) is 32.7 Å². The molecule has 0 aliphatic carbocycles. The number of phosphoric acid groups is 1. The van der Waals surface area contributed by atoms with Crippen molar-refractivity contribution in [2.45, 2.75) is 495 Å². The Morgan fingerprint density at radius 2 is 0.520 bits per heavy atom. The van der Waals surface area contributed by atoms with Gasteiger partial charge in [-0.2, -0.15) is 0 Å². The highest BCUT2D eigenvalue weighted by molar-refractivity contribution is 7.45. The van der Waals surface area contributed by atoms with Gasteiger partial charge in [0.15, 0.2) is 6.10 Å². The summed E-state index contributed by atoms with van der Waals surface area (Å²) in [6, 6.07) is 0. The number of carbonyl (C=O) groups excluding carboxylic acids is 2. The minimum absolute atomic E-state index is 0.0251. The van der Waals surface area contributed by atoms with Crippen LogP contribution in [0, 0.1) is 0 Å². The molecule has 0 saturated carbocycles. The average molecular weight is 1410 g/mol. The minimum atomic E-state index is -4.64. The molecule has 0 bridgehead atoms. The first-order valence-electron chi connectivity index (χ1n) is 44.4. The lowest BCUT2D eigenvalue weighted by Crippen LogP contribution is -2.37. The van der Waals surface area contributed by atoms with Crippen LogP contribution in [0.2, 0.25) is 0 Å². The van der Waals surface area contributed by atoms with Crippen LogP contribution in [0.15, 0.2) is 12.2 Å². The van der Waals surface area contributed by atoms with Gasteiger partial charge in [-0.15, -0.1) is 0 Å². The van der Waals surface area contributed by atoms with E-state index in [4.69, 9.17) is 18.5 Å². The highest BCUT2D eigenvalue weighted by Crippen LogP contribution is 2.38. The molecule has 0 amide bonds. The highest BCUT2D eigenvalue weighted by atomic mass is 31.2. The molecule has 0 aliphatic rings. The SMILES string of the molecule is CCCCCCCCCC/C=C\CCCCCCCCCCCCCCCCCCCCCCCCCCCCCCCC(=O)OC(COC(=O)CCCCCCCCCCCCCCCCCCCCCCCCCCCCCCCCCCC)COP(=O)([O-])OCC[N+](C)(C)C. The number of phosphoric ester groups is 1. The zero-order chi connectivity index (χ0) is 71.1. The van der Waals surface area contributed by atoms with Crippen molar-refractivity contribution in [3.8, 4) is 0 Å². The van der Waals surface area contributed by atoms with E-state index in [1.807, 2.05) is 21.1 Å².